The molecule has 2 aromatic rings. The summed E-state index contributed by atoms with van der Waals surface area (Å²) in [6.45, 7) is 0. The lowest BCUT2D eigenvalue weighted by Gasteiger charge is -2.13. The Morgan fingerprint density at radius 1 is 1.11 bits per heavy atom. The van der Waals surface area contributed by atoms with Gasteiger partial charge in [-0.1, -0.05) is 17.8 Å². The van der Waals surface area contributed by atoms with Crippen LogP contribution in [0.2, 0.25) is 0 Å². The van der Waals surface area contributed by atoms with Crippen molar-refractivity contribution in [2.45, 2.75) is 6.18 Å². The highest BCUT2D eigenvalue weighted by Gasteiger charge is 2.33. The Kier molecular flexibility index (Phi) is 6.22. The summed E-state index contributed by atoms with van der Waals surface area (Å²) in [5, 5.41) is 10.9. The topological polar surface area (TPSA) is 57.4 Å². The minimum Gasteiger partial charge on any atom is -0.446 e. The normalized spacial score (nSPS) is 11.9. The SMILES string of the molecule is CSC(=Nc1cccc(F)c1Oc1c(F)cc(C(F)(F)F)cc1F)NC#N. The van der Waals surface area contributed by atoms with E-state index in [0.717, 1.165) is 17.8 Å². The molecule has 27 heavy (non-hydrogen) atoms. The van der Waals surface area contributed by atoms with E-state index >= 15 is 0 Å². The molecule has 2 aromatic carbocycles. The van der Waals surface area contributed by atoms with Crippen LogP contribution in [0.1, 0.15) is 5.56 Å². The number of thioether (sulfide) groups is 1. The van der Waals surface area contributed by atoms with Crippen molar-refractivity contribution in [3.05, 3.63) is 53.3 Å². The molecule has 0 saturated heterocycles. The third kappa shape index (κ3) is 4.85. The van der Waals surface area contributed by atoms with Gasteiger partial charge in [0.2, 0.25) is 0 Å². The van der Waals surface area contributed by atoms with Gasteiger partial charge in [0.05, 0.1) is 5.56 Å². The highest BCUT2D eigenvalue weighted by molar-refractivity contribution is 8.13. The number of halogens is 6. The lowest BCUT2D eigenvalue weighted by atomic mass is 10.2. The van der Waals surface area contributed by atoms with E-state index in [1.165, 1.54) is 12.1 Å². The molecule has 142 valence electrons. The van der Waals surface area contributed by atoms with E-state index < -0.39 is 40.7 Å². The maximum atomic E-state index is 14.1. The number of ether oxygens (including phenoxy) is 1. The maximum absolute atomic E-state index is 14.1. The quantitative estimate of drug-likeness (QED) is 0.246. The molecule has 2 rings (SSSR count). The zero-order valence-electron chi connectivity index (χ0n) is 13.4. The van der Waals surface area contributed by atoms with Gasteiger partial charge in [-0.3, -0.25) is 5.32 Å². The number of benzene rings is 2. The first kappa shape index (κ1) is 20.4. The van der Waals surface area contributed by atoms with Crippen molar-refractivity contribution in [2.75, 3.05) is 6.26 Å². The molecule has 0 aromatic heterocycles. The molecule has 0 aliphatic carbocycles. The van der Waals surface area contributed by atoms with Gasteiger partial charge in [-0.2, -0.15) is 18.4 Å². The van der Waals surface area contributed by atoms with E-state index in [-0.39, 0.29) is 23.0 Å². The van der Waals surface area contributed by atoms with Crippen LogP contribution in [0.3, 0.4) is 0 Å². The summed E-state index contributed by atoms with van der Waals surface area (Å²) in [6.07, 6.45) is -1.82. The number of para-hydroxylation sites is 1. The van der Waals surface area contributed by atoms with Crippen molar-refractivity contribution in [3.8, 4) is 17.7 Å². The summed E-state index contributed by atoms with van der Waals surface area (Å²) in [4.78, 5) is 3.90. The van der Waals surface area contributed by atoms with Crippen LogP contribution in [-0.4, -0.2) is 11.4 Å². The van der Waals surface area contributed by atoms with Crippen LogP contribution in [0.5, 0.6) is 11.5 Å². The van der Waals surface area contributed by atoms with E-state index in [4.69, 9.17) is 10.00 Å². The number of hydrogen-bond donors (Lipinski definition) is 1. The van der Waals surface area contributed by atoms with Gasteiger partial charge in [-0.05, 0) is 30.5 Å². The molecule has 0 bridgehead atoms. The van der Waals surface area contributed by atoms with Crippen molar-refractivity contribution >= 4 is 22.6 Å². The molecule has 0 aliphatic heterocycles. The summed E-state index contributed by atoms with van der Waals surface area (Å²) in [7, 11) is 0. The molecule has 0 fully saturated rings. The highest BCUT2D eigenvalue weighted by atomic mass is 32.2. The second kappa shape index (κ2) is 8.22. The standard InChI is InChI=1S/C16H9F6N3OS/c1-27-15(24-7-23)25-12-4-2-3-9(17)14(12)26-13-10(18)5-8(6-11(13)19)16(20,21)22/h2-6H,1H3,(H,24,25). The molecule has 0 spiro atoms. The van der Waals surface area contributed by atoms with Gasteiger partial charge in [0, 0.05) is 0 Å². The number of alkyl halides is 3. The molecule has 0 saturated carbocycles. The summed E-state index contributed by atoms with van der Waals surface area (Å²) >= 11 is 0.986. The number of nitriles is 1. The lowest BCUT2D eigenvalue weighted by molar-refractivity contribution is -0.138. The van der Waals surface area contributed by atoms with Crippen LogP contribution < -0.4 is 10.1 Å². The fourth-order valence-electron chi connectivity index (χ4n) is 1.89. The smallest absolute Gasteiger partial charge is 0.416 e. The average molecular weight is 405 g/mol. The molecule has 0 amide bonds. The number of hydrogen-bond acceptors (Lipinski definition) is 4. The van der Waals surface area contributed by atoms with Gasteiger partial charge >= 0.3 is 6.18 Å². The first-order valence-corrected chi connectivity index (χ1v) is 8.20. The van der Waals surface area contributed by atoms with Crippen LogP contribution in [-0.2, 0) is 6.18 Å². The lowest BCUT2D eigenvalue weighted by Crippen LogP contribution is -2.12. The van der Waals surface area contributed by atoms with Crippen molar-refractivity contribution in [1.29, 1.82) is 5.26 Å². The Bertz CT molecular complexity index is 900. The summed E-state index contributed by atoms with van der Waals surface area (Å²) < 4.78 is 84.7. The minimum absolute atomic E-state index is 0.0290. The molecule has 4 nitrogen and oxygen atoms in total. The Balaban J connectivity index is 2.52. The van der Waals surface area contributed by atoms with Crippen molar-refractivity contribution in [1.82, 2.24) is 5.32 Å². The Morgan fingerprint density at radius 2 is 1.74 bits per heavy atom. The predicted molar refractivity (Wildman–Crippen MR) is 87.2 cm³/mol. The van der Waals surface area contributed by atoms with Gasteiger partial charge in [-0.15, -0.1) is 0 Å². The van der Waals surface area contributed by atoms with Gasteiger partial charge in [-0.25, -0.2) is 18.2 Å². The fourth-order valence-corrected chi connectivity index (χ4v) is 2.23. The summed E-state index contributed by atoms with van der Waals surface area (Å²) in [5.41, 5.74) is -1.79. The minimum atomic E-state index is -4.97. The number of aliphatic imine (C=N–C) groups is 1. The van der Waals surface area contributed by atoms with Crippen LogP contribution >= 0.6 is 11.8 Å². The summed E-state index contributed by atoms with van der Waals surface area (Å²) in [6, 6.07) is 3.43. The first-order chi connectivity index (χ1) is 12.7. The Labute approximate surface area is 153 Å². The second-order valence-corrected chi connectivity index (χ2v) is 5.61. The number of amidine groups is 1. The van der Waals surface area contributed by atoms with E-state index in [0.29, 0.717) is 0 Å². The molecule has 0 radical (unpaired) electrons. The predicted octanol–water partition coefficient (Wildman–Crippen LogP) is 5.34. The number of rotatable bonds is 3. The molecule has 0 unspecified atom stereocenters. The third-order valence-corrected chi connectivity index (χ3v) is 3.63. The monoisotopic (exact) mass is 405 g/mol. The molecule has 11 heteroatoms. The first-order valence-electron chi connectivity index (χ1n) is 6.97. The van der Waals surface area contributed by atoms with Crippen LogP contribution in [0.25, 0.3) is 0 Å². The van der Waals surface area contributed by atoms with Gasteiger partial charge < -0.3 is 4.74 Å². The molecule has 0 atom stereocenters. The third-order valence-electron chi connectivity index (χ3n) is 3.05. The zero-order valence-corrected chi connectivity index (χ0v) is 14.2. The number of nitrogens with zero attached hydrogens (tertiary/aromatic N) is 2. The largest absolute Gasteiger partial charge is 0.446 e. The van der Waals surface area contributed by atoms with Crippen LogP contribution in [0, 0.1) is 28.9 Å². The molecule has 0 aliphatic rings. The Hall–Kier alpha value is -2.87. The summed E-state index contributed by atoms with van der Waals surface area (Å²) in [5.74, 6) is -6.33. The maximum Gasteiger partial charge on any atom is 0.416 e. The van der Waals surface area contributed by atoms with E-state index in [2.05, 4.69) is 10.3 Å². The molecular formula is C16H9F6N3OS. The van der Waals surface area contributed by atoms with Crippen molar-refractivity contribution < 1.29 is 31.1 Å². The molecule has 1 N–H and O–H groups in total. The molecule has 0 heterocycles. The van der Waals surface area contributed by atoms with Crippen molar-refractivity contribution in [2.24, 2.45) is 4.99 Å². The van der Waals surface area contributed by atoms with Crippen molar-refractivity contribution in [3.63, 3.8) is 0 Å². The zero-order chi connectivity index (χ0) is 20.2. The van der Waals surface area contributed by atoms with Crippen LogP contribution in [0.4, 0.5) is 32.0 Å². The van der Waals surface area contributed by atoms with E-state index in [1.807, 2.05) is 0 Å². The van der Waals surface area contributed by atoms with Gasteiger partial charge in [0.25, 0.3) is 0 Å². The van der Waals surface area contributed by atoms with Gasteiger partial charge in [0.15, 0.2) is 40.3 Å². The average Bonchev–Trinajstić information content (AvgIpc) is 2.58. The fraction of sp³-hybridized carbons (Fsp3) is 0.125. The van der Waals surface area contributed by atoms with Gasteiger partial charge in [0.1, 0.15) is 5.69 Å². The molecular weight excluding hydrogens is 396 g/mol. The highest BCUT2D eigenvalue weighted by Crippen LogP contribution is 2.39. The van der Waals surface area contributed by atoms with E-state index in [9.17, 15) is 26.3 Å². The van der Waals surface area contributed by atoms with E-state index in [1.54, 1.807) is 12.4 Å². The Morgan fingerprint density at radius 3 is 2.26 bits per heavy atom. The number of nitrogens with one attached hydrogen (secondary N) is 1. The van der Waals surface area contributed by atoms with Crippen LogP contribution in [0.15, 0.2) is 35.3 Å². The second-order valence-electron chi connectivity index (χ2n) is 4.81.